The van der Waals surface area contributed by atoms with Crippen molar-refractivity contribution in [1.29, 1.82) is 0 Å². The minimum Gasteiger partial charge on any atom is -0.447 e. The fraction of sp³-hybridized carbons (Fsp3) is 0.909. The summed E-state index contributed by atoms with van der Waals surface area (Å²) in [5, 5.41) is 8.62. The number of aliphatic hydroxyl groups is 1. The predicted molar refractivity (Wildman–Crippen MR) is 59.2 cm³/mol. The van der Waals surface area contributed by atoms with Gasteiger partial charge in [-0.15, -0.1) is 0 Å². The first-order valence-corrected chi connectivity index (χ1v) is 6.08. The highest BCUT2D eigenvalue weighted by Gasteiger charge is 2.30. The number of amides is 1. The molecule has 5 heteroatoms. The van der Waals surface area contributed by atoms with Crippen molar-refractivity contribution in [3.05, 3.63) is 0 Å². The van der Waals surface area contributed by atoms with Crippen LogP contribution in [0.5, 0.6) is 0 Å². The Bertz CT molecular complexity index is 247. The topological polar surface area (TPSA) is 53.0 Å². The average molecular weight is 228 g/mol. The smallest absolute Gasteiger partial charge is 0.409 e. The van der Waals surface area contributed by atoms with Crippen LogP contribution in [0.15, 0.2) is 0 Å². The highest BCUT2D eigenvalue weighted by atomic mass is 16.6. The van der Waals surface area contributed by atoms with E-state index >= 15 is 0 Å². The van der Waals surface area contributed by atoms with Crippen molar-refractivity contribution in [3.8, 4) is 0 Å². The van der Waals surface area contributed by atoms with E-state index in [1.807, 2.05) is 0 Å². The van der Waals surface area contributed by atoms with Crippen LogP contribution < -0.4 is 0 Å². The van der Waals surface area contributed by atoms with Crippen LogP contribution >= 0.6 is 0 Å². The molecule has 0 spiro atoms. The normalized spacial score (nSPS) is 26.3. The van der Waals surface area contributed by atoms with E-state index < -0.39 is 0 Å². The maximum atomic E-state index is 11.7. The summed E-state index contributed by atoms with van der Waals surface area (Å²) in [5.74, 6) is 0. The van der Waals surface area contributed by atoms with E-state index in [0.717, 1.165) is 26.1 Å². The Morgan fingerprint density at radius 1 is 1.31 bits per heavy atom. The Balaban J connectivity index is 1.87. The molecule has 0 bridgehead atoms. The van der Waals surface area contributed by atoms with Crippen molar-refractivity contribution in [2.24, 2.45) is 0 Å². The van der Waals surface area contributed by atoms with Crippen LogP contribution in [-0.4, -0.2) is 66.4 Å². The van der Waals surface area contributed by atoms with Gasteiger partial charge in [0.2, 0.25) is 0 Å². The zero-order valence-electron chi connectivity index (χ0n) is 9.60. The molecular formula is C11H20N2O3. The second kappa shape index (κ2) is 5.50. The summed E-state index contributed by atoms with van der Waals surface area (Å²) in [4.78, 5) is 15.9. The van der Waals surface area contributed by atoms with Gasteiger partial charge in [-0.1, -0.05) is 0 Å². The summed E-state index contributed by atoms with van der Waals surface area (Å²) >= 11 is 0. The van der Waals surface area contributed by atoms with Gasteiger partial charge < -0.3 is 14.7 Å². The maximum absolute atomic E-state index is 11.7. The molecule has 0 radical (unpaired) electrons. The van der Waals surface area contributed by atoms with Crippen molar-refractivity contribution < 1.29 is 14.6 Å². The molecule has 0 aromatic carbocycles. The number of nitrogens with zero attached hydrogens (tertiary/aromatic N) is 2. The molecule has 2 aliphatic heterocycles. The number of carbonyl (C=O) groups is 1. The first-order valence-electron chi connectivity index (χ1n) is 6.08. The highest BCUT2D eigenvalue weighted by Crippen LogP contribution is 2.21. The number of ether oxygens (including phenoxy) is 1. The third kappa shape index (κ3) is 2.65. The lowest BCUT2D eigenvalue weighted by Crippen LogP contribution is -2.40. The van der Waals surface area contributed by atoms with Crippen LogP contribution in [0.4, 0.5) is 4.79 Å². The lowest BCUT2D eigenvalue weighted by Gasteiger charge is -2.25. The number of fused-ring (bicyclic) bond motifs is 1. The average Bonchev–Trinajstić information content (AvgIpc) is 2.63. The maximum Gasteiger partial charge on any atom is 0.409 e. The van der Waals surface area contributed by atoms with Gasteiger partial charge in [0.05, 0.1) is 6.61 Å². The fourth-order valence-electron chi connectivity index (χ4n) is 2.60. The molecule has 0 aromatic heterocycles. The van der Waals surface area contributed by atoms with Crippen molar-refractivity contribution in [1.82, 2.24) is 9.80 Å². The quantitative estimate of drug-likeness (QED) is 0.738. The highest BCUT2D eigenvalue weighted by molar-refractivity contribution is 5.67. The Hall–Kier alpha value is -0.810. The molecule has 2 fully saturated rings. The zero-order chi connectivity index (χ0) is 11.4. The third-order valence-electron chi connectivity index (χ3n) is 3.38. The van der Waals surface area contributed by atoms with E-state index in [1.54, 1.807) is 4.90 Å². The van der Waals surface area contributed by atoms with E-state index in [9.17, 15) is 4.79 Å². The number of hydrogen-bond acceptors (Lipinski definition) is 4. The summed E-state index contributed by atoms with van der Waals surface area (Å²) in [6.45, 7) is 3.82. The van der Waals surface area contributed by atoms with Crippen LogP contribution in [0.1, 0.15) is 19.3 Å². The van der Waals surface area contributed by atoms with Gasteiger partial charge in [-0.05, 0) is 25.8 Å². The molecule has 1 N–H and O–H groups in total. The molecule has 1 amide bonds. The molecule has 1 atom stereocenters. The first kappa shape index (κ1) is 11.7. The van der Waals surface area contributed by atoms with Crippen LogP contribution in [0.2, 0.25) is 0 Å². The van der Waals surface area contributed by atoms with Gasteiger partial charge in [0.15, 0.2) is 0 Å². The van der Waals surface area contributed by atoms with Crippen molar-refractivity contribution in [2.75, 3.05) is 39.4 Å². The molecule has 2 aliphatic rings. The molecule has 1 unspecified atom stereocenters. The summed E-state index contributed by atoms with van der Waals surface area (Å²) < 4.78 is 4.95. The van der Waals surface area contributed by atoms with Crippen LogP contribution in [0.25, 0.3) is 0 Å². The second-order valence-electron chi connectivity index (χ2n) is 4.47. The Kier molecular flexibility index (Phi) is 4.01. The number of rotatable bonds is 2. The van der Waals surface area contributed by atoms with Gasteiger partial charge in [-0.25, -0.2) is 4.79 Å². The third-order valence-corrected chi connectivity index (χ3v) is 3.38. The molecule has 16 heavy (non-hydrogen) atoms. The molecular weight excluding hydrogens is 208 g/mol. The van der Waals surface area contributed by atoms with Crippen LogP contribution in [-0.2, 0) is 4.74 Å². The molecule has 0 aliphatic carbocycles. The fourth-order valence-corrected chi connectivity index (χ4v) is 2.60. The van der Waals surface area contributed by atoms with E-state index in [0.29, 0.717) is 6.04 Å². The largest absolute Gasteiger partial charge is 0.447 e. The predicted octanol–water partition coefficient (Wildman–Crippen LogP) is 0.285. The van der Waals surface area contributed by atoms with E-state index in [1.165, 1.54) is 19.4 Å². The summed E-state index contributed by atoms with van der Waals surface area (Å²) in [6.07, 6.45) is 3.17. The Morgan fingerprint density at radius 3 is 2.94 bits per heavy atom. The number of carbonyl (C=O) groups excluding carboxylic acids is 1. The van der Waals surface area contributed by atoms with Crippen molar-refractivity contribution in [2.45, 2.75) is 25.3 Å². The molecule has 0 saturated carbocycles. The zero-order valence-corrected chi connectivity index (χ0v) is 9.60. The Labute approximate surface area is 96.0 Å². The minimum absolute atomic E-state index is 0.101. The molecule has 2 saturated heterocycles. The number of aliphatic hydroxyl groups excluding tert-OH is 1. The lowest BCUT2D eigenvalue weighted by molar-refractivity contribution is 0.0819. The number of hydrogen-bond donors (Lipinski definition) is 1. The van der Waals surface area contributed by atoms with Gasteiger partial charge in [-0.2, -0.15) is 0 Å². The van der Waals surface area contributed by atoms with Gasteiger partial charge in [-0.3, -0.25) is 4.90 Å². The molecule has 2 heterocycles. The summed E-state index contributed by atoms with van der Waals surface area (Å²) in [7, 11) is 0. The van der Waals surface area contributed by atoms with E-state index in [4.69, 9.17) is 9.84 Å². The molecule has 2 rings (SSSR count). The molecule has 0 aromatic rings. The lowest BCUT2D eigenvalue weighted by atomic mass is 10.2. The molecule has 92 valence electrons. The second-order valence-corrected chi connectivity index (χ2v) is 4.47. The van der Waals surface area contributed by atoms with Gasteiger partial charge >= 0.3 is 6.09 Å². The SMILES string of the molecule is O=C(OCCO)N1CCCN2CCCC2C1. The molecule has 5 nitrogen and oxygen atoms in total. The van der Waals surface area contributed by atoms with Crippen molar-refractivity contribution in [3.63, 3.8) is 0 Å². The van der Waals surface area contributed by atoms with Crippen LogP contribution in [0, 0.1) is 0 Å². The van der Waals surface area contributed by atoms with Crippen LogP contribution in [0.3, 0.4) is 0 Å². The van der Waals surface area contributed by atoms with E-state index in [-0.39, 0.29) is 19.3 Å². The summed E-state index contributed by atoms with van der Waals surface area (Å²) in [5.41, 5.74) is 0. The van der Waals surface area contributed by atoms with Gasteiger partial charge in [0, 0.05) is 25.7 Å². The monoisotopic (exact) mass is 228 g/mol. The Morgan fingerprint density at radius 2 is 2.12 bits per heavy atom. The van der Waals surface area contributed by atoms with Gasteiger partial charge in [0.1, 0.15) is 6.61 Å². The van der Waals surface area contributed by atoms with Crippen molar-refractivity contribution >= 4 is 6.09 Å². The summed E-state index contributed by atoms with van der Waals surface area (Å²) in [6, 6.07) is 0.518. The minimum atomic E-state index is -0.275. The van der Waals surface area contributed by atoms with Gasteiger partial charge in [0.25, 0.3) is 0 Å². The van der Waals surface area contributed by atoms with E-state index in [2.05, 4.69) is 4.90 Å². The standard InChI is InChI=1S/C11H20N2O3/c14-7-8-16-11(15)13-6-2-5-12-4-1-3-10(12)9-13/h10,14H,1-9H2. The first-order chi connectivity index (χ1) is 7.81.